The Labute approximate surface area is 92.9 Å². The van der Waals surface area contributed by atoms with Crippen molar-refractivity contribution < 1.29 is 4.74 Å². The maximum Gasteiger partial charge on any atom is 0.0655 e. The Morgan fingerprint density at radius 3 is 2.73 bits per heavy atom. The minimum Gasteiger partial charge on any atom is -0.375 e. The van der Waals surface area contributed by atoms with Crippen molar-refractivity contribution in [2.75, 3.05) is 26.2 Å². The van der Waals surface area contributed by atoms with E-state index < -0.39 is 0 Å². The lowest BCUT2D eigenvalue weighted by Crippen LogP contribution is -2.38. The third kappa shape index (κ3) is 5.47. The van der Waals surface area contributed by atoms with Crippen LogP contribution in [0, 0.1) is 0 Å². The van der Waals surface area contributed by atoms with Crippen LogP contribution >= 0.6 is 0 Å². The molecule has 4 nitrogen and oxygen atoms in total. The van der Waals surface area contributed by atoms with Crippen molar-refractivity contribution in [3.8, 4) is 0 Å². The fraction of sp³-hybridized carbons (Fsp3) is 1.00. The number of hydrogen-bond acceptors (Lipinski definition) is 4. The fourth-order valence-electron chi connectivity index (χ4n) is 1.99. The van der Waals surface area contributed by atoms with E-state index in [-0.39, 0.29) is 5.60 Å². The number of ether oxygens (including phenoxy) is 1. The van der Waals surface area contributed by atoms with E-state index in [0.29, 0.717) is 6.54 Å². The number of nitrogens with one attached hydrogen (secondary N) is 2. The Morgan fingerprint density at radius 2 is 2.07 bits per heavy atom. The van der Waals surface area contributed by atoms with E-state index in [0.717, 1.165) is 32.5 Å². The van der Waals surface area contributed by atoms with Gasteiger partial charge in [0.15, 0.2) is 0 Å². The van der Waals surface area contributed by atoms with Gasteiger partial charge in [-0.2, -0.15) is 0 Å². The molecular formula is C11H25N3O. The van der Waals surface area contributed by atoms with Crippen LogP contribution in [0.25, 0.3) is 0 Å². The third-order valence-corrected chi connectivity index (χ3v) is 2.95. The number of nitrogens with two attached hydrogens (primary N) is 1. The minimum absolute atomic E-state index is 0.133. The summed E-state index contributed by atoms with van der Waals surface area (Å²) in [6.07, 6.45) is 6.04. The van der Waals surface area contributed by atoms with Crippen molar-refractivity contribution in [1.82, 2.24) is 10.9 Å². The van der Waals surface area contributed by atoms with Gasteiger partial charge in [-0.1, -0.05) is 0 Å². The molecule has 0 aliphatic carbocycles. The molecule has 4 heteroatoms. The molecule has 0 saturated carbocycles. The maximum absolute atomic E-state index is 5.82. The Balaban J connectivity index is 1.98. The van der Waals surface area contributed by atoms with Gasteiger partial charge < -0.3 is 10.5 Å². The molecule has 1 atom stereocenters. The van der Waals surface area contributed by atoms with Crippen molar-refractivity contribution in [2.24, 2.45) is 5.73 Å². The predicted octanol–water partition coefficient (Wildman–Crippen LogP) is 0.779. The lowest BCUT2D eigenvalue weighted by atomic mass is 9.91. The van der Waals surface area contributed by atoms with Crippen LogP contribution in [0.4, 0.5) is 0 Å². The van der Waals surface area contributed by atoms with E-state index in [1.54, 1.807) is 0 Å². The molecule has 0 radical (unpaired) electrons. The lowest BCUT2D eigenvalue weighted by Gasteiger charge is -2.34. The van der Waals surface area contributed by atoms with Crippen LogP contribution < -0.4 is 16.6 Å². The first-order valence-electron chi connectivity index (χ1n) is 6.07. The first kappa shape index (κ1) is 12.9. The molecule has 0 aromatic carbocycles. The first-order chi connectivity index (χ1) is 7.27. The molecule has 90 valence electrons. The van der Waals surface area contributed by atoms with Crippen LogP contribution in [0.1, 0.15) is 39.0 Å². The van der Waals surface area contributed by atoms with Crippen LogP contribution in [0.2, 0.25) is 0 Å². The highest BCUT2D eigenvalue weighted by Gasteiger charge is 2.26. The van der Waals surface area contributed by atoms with Gasteiger partial charge in [-0.05, 0) is 39.0 Å². The highest BCUT2D eigenvalue weighted by molar-refractivity contribution is 4.78. The summed E-state index contributed by atoms with van der Waals surface area (Å²) in [5, 5.41) is 0. The summed E-state index contributed by atoms with van der Waals surface area (Å²) in [6, 6.07) is 0. The molecule has 4 N–H and O–H groups in total. The lowest BCUT2D eigenvalue weighted by molar-refractivity contribution is -0.0710. The number of rotatable bonds is 7. The van der Waals surface area contributed by atoms with E-state index in [9.17, 15) is 0 Å². The summed E-state index contributed by atoms with van der Waals surface area (Å²) in [4.78, 5) is 0. The van der Waals surface area contributed by atoms with Gasteiger partial charge in [0.05, 0.1) is 5.60 Å². The van der Waals surface area contributed by atoms with E-state index in [2.05, 4.69) is 17.8 Å². The summed E-state index contributed by atoms with van der Waals surface area (Å²) in [7, 11) is 0. The Hall–Kier alpha value is -0.160. The van der Waals surface area contributed by atoms with Gasteiger partial charge >= 0.3 is 0 Å². The van der Waals surface area contributed by atoms with Gasteiger partial charge in [0.1, 0.15) is 0 Å². The van der Waals surface area contributed by atoms with Gasteiger partial charge in [-0.25, -0.2) is 0 Å². The highest BCUT2D eigenvalue weighted by Crippen LogP contribution is 2.28. The van der Waals surface area contributed by atoms with Gasteiger partial charge in [0.2, 0.25) is 0 Å². The molecule has 0 aromatic rings. The Kier molecular flexibility index (Phi) is 6.17. The maximum atomic E-state index is 5.82. The van der Waals surface area contributed by atoms with Gasteiger partial charge in [0.25, 0.3) is 0 Å². The molecular weight excluding hydrogens is 190 g/mol. The van der Waals surface area contributed by atoms with Gasteiger partial charge in [0, 0.05) is 26.2 Å². The number of hydrogen-bond donors (Lipinski definition) is 3. The van der Waals surface area contributed by atoms with Crippen molar-refractivity contribution in [2.45, 2.75) is 44.6 Å². The molecule has 0 aromatic heterocycles. The quantitative estimate of drug-likeness (QED) is 0.434. The van der Waals surface area contributed by atoms with Crippen LogP contribution in [0.3, 0.4) is 0 Å². The third-order valence-electron chi connectivity index (χ3n) is 2.95. The second kappa shape index (κ2) is 7.17. The standard InChI is InChI=1S/C11H25N3O/c1-11(5-2-3-10-15-11)6-4-8-13-14-9-7-12/h13-14H,2-10,12H2,1H3. The molecule has 1 fully saturated rings. The van der Waals surface area contributed by atoms with Crippen molar-refractivity contribution in [3.63, 3.8) is 0 Å². The monoisotopic (exact) mass is 215 g/mol. The predicted molar refractivity (Wildman–Crippen MR) is 62.5 cm³/mol. The summed E-state index contributed by atoms with van der Waals surface area (Å²) >= 11 is 0. The molecule has 1 aliphatic rings. The second-order valence-corrected chi connectivity index (χ2v) is 4.50. The molecule has 0 spiro atoms. The summed E-state index contributed by atoms with van der Waals surface area (Å²) < 4.78 is 5.82. The van der Waals surface area contributed by atoms with E-state index in [1.807, 2.05) is 0 Å². The smallest absolute Gasteiger partial charge is 0.0655 e. The first-order valence-corrected chi connectivity index (χ1v) is 6.07. The molecule has 1 aliphatic heterocycles. The summed E-state index contributed by atoms with van der Waals surface area (Å²) in [5.74, 6) is 0. The molecule has 0 amide bonds. The zero-order valence-electron chi connectivity index (χ0n) is 9.85. The highest BCUT2D eigenvalue weighted by atomic mass is 16.5. The van der Waals surface area contributed by atoms with Crippen LogP contribution in [-0.2, 0) is 4.74 Å². The molecule has 15 heavy (non-hydrogen) atoms. The van der Waals surface area contributed by atoms with Crippen LogP contribution in [-0.4, -0.2) is 31.8 Å². The van der Waals surface area contributed by atoms with E-state index >= 15 is 0 Å². The normalized spacial score (nSPS) is 26.8. The minimum atomic E-state index is 0.133. The van der Waals surface area contributed by atoms with E-state index in [1.165, 1.54) is 19.3 Å². The zero-order chi connectivity index (χ0) is 11.0. The topological polar surface area (TPSA) is 59.3 Å². The van der Waals surface area contributed by atoms with Gasteiger partial charge in [-0.3, -0.25) is 10.9 Å². The molecule has 1 unspecified atom stereocenters. The molecule has 0 bridgehead atoms. The number of hydrazine groups is 1. The Bertz CT molecular complexity index is 158. The van der Waals surface area contributed by atoms with Crippen molar-refractivity contribution in [3.05, 3.63) is 0 Å². The molecule has 1 rings (SSSR count). The summed E-state index contributed by atoms with van der Waals surface area (Å²) in [5.41, 5.74) is 11.7. The summed E-state index contributed by atoms with van der Waals surface area (Å²) in [6.45, 7) is 5.66. The second-order valence-electron chi connectivity index (χ2n) is 4.50. The van der Waals surface area contributed by atoms with Crippen LogP contribution in [0.15, 0.2) is 0 Å². The van der Waals surface area contributed by atoms with Crippen molar-refractivity contribution in [1.29, 1.82) is 0 Å². The van der Waals surface area contributed by atoms with E-state index in [4.69, 9.17) is 10.5 Å². The SMILES string of the molecule is CC1(CCCNNCCN)CCCCO1. The van der Waals surface area contributed by atoms with Gasteiger partial charge in [-0.15, -0.1) is 0 Å². The zero-order valence-corrected chi connectivity index (χ0v) is 9.85. The Morgan fingerprint density at radius 1 is 1.27 bits per heavy atom. The molecule has 1 saturated heterocycles. The van der Waals surface area contributed by atoms with Crippen molar-refractivity contribution >= 4 is 0 Å². The molecule has 1 heterocycles. The average molecular weight is 215 g/mol. The largest absolute Gasteiger partial charge is 0.375 e. The van der Waals surface area contributed by atoms with Crippen LogP contribution in [0.5, 0.6) is 0 Å². The average Bonchev–Trinajstić information content (AvgIpc) is 2.24. The fourth-order valence-corrected chi connectivity index (χ4v) is 1.99.